The SMILES string of the molecule is c1ccc2c(c1)Cc1c(-c3ccc(N(c4ccc(-c5cccc6c5oc5ccccc56)cc4)c4ccc(-c5cccc6c5oc5ccccc56)cc4)cc3)cccc1-2. The summed E-state index contributed by atoms with van der Waals surface area (Å²) in [6.45, 7) is 0. The lowest BCUT2D eigenvalue weighted by Gasteiger charge is -2.26. The van der Waals surface area contributed by atoms with E-state index >= 15 is 0 Å². The topological polar surface area (TPSA) is 29.5 Å². The van der Waals surface area contributed by atoms with E-state index in [-0.39, 0.29) is 0 Å². The van der Waals surface area contributed by atoms with Crippen molar-refractivity contribution in [1.82, 2.24) is 0 Å². The van der Waals surface area contributed by atoms with E-state index < -0.39 is 0 Å². The summed E-state index contributed by atoms with van der Waals surface area (Å²) in [6.07, 6.45) is 0.956. The fourth-order valence-corrected chi connectivity index (χ4v) is 9.19. The van der Waals surface area contributed by atoms with Gasteiger partial charge in [0.2, 0.25) is 0 Å². The number of nitrogens with zero attached hydrogens (tertiary/aromatic N) is 1. The molecule has 1 aliphatic rings. The highest BCUT2D eigenvalue weighted by molar-refractivity contribution is 6.10. The van der Waals surface area contributed by atoms with Crippen molar-refractivity contribution in [3.63, 3.8) is 0 Å². The van der Waals surface area contributed by atoms with Crippen LogP contribution in [0.25, 0.3) is 88.4 Å². The van der Waals surface area contributed by atoms with Crippen molar-refractivity contribution < 1.29 is 8.83 Å². The maximum absolute atomic E-state index is 6.42. The maximum Gasteiger partial charge on any atom is 0.143 e. The molecule has 0 N–H and O–H groups in total. The predicted molar refractivity (Wildman–Crippen MR) is 240 cm³/mol. The Morgan fingerprint density at radius 1 is 0.310 bits per heavy atom. The molecule has 0 spiro atoms. The Kier molecular flexibility index (Phi) is 7.29. The minimum Gasteiger partial charge on any atom is -0.455 e. The monoisotopic (exact) mass is 741 g/mol. The molecule has 11 aromatic rings. The van der Waals surface area contributed by atoms with Crippen LogP contribution >= 0.6 is 0 Å². The summed E-state index contributed by atoms with van der Waals surface area (Å²) >= 11 is 0. The normalized spacial score (nSPS) is 12.1. The molecular weight excluding hydrogens is 707 g/mol. The molecule has 3 nitrogen and oxygen atoms in total. The van der Waals surface area contributed by atoms with Gasteiger partial charge in [0.05, 0.1) is 0 Å². The lowest BCUT2D eigenvalue weighted by Crippen LogP contribution is -2.09. The van der Waals surface area contributed by atoms with Gasteiger partial charge in [-0.3, -0.25) is 0 Å². The third-order valence-corrected chi connectivity index (χ3v) is 12.0. The lowest BCUT2D eigenvalue weighted by molar-refractivity contribution is 0.669. The van der Waals surface area contributed by atoms with Crippen LogP contribution in [0.3, 0.4) is 0 Å². The van der Waals surface area contributed by atoms with E-state index in [1.54, 1.807) is 0 Å². The summed E-state index contributed by atoms with van der Waals surface area (Å²) in [7, 11) is 0. The first-order valence-electron chi connectivity index (χ1n) is 19.9. The second-order valence-electron chi connectivity index (χ2n) is 15.2. The molecule has 0 unspecified atom stereocenters. The molecular formula is C55H35NO2. The first kappa shape index (κ1) is 32.6. The smallest absolute Gasteiger partial charge is 0.143 e. The molecule has 0 saturated heterocycles. The van der Waals surface area contributed by atoms with Crippen molar-refractivity contribution >= 4 is 60.9 Å². The Morgan fingerprint density at radius 3 is 1.26 bits per heavy atom. The Hall–Kier alpha value is -7.62. The zero-order valence-corrected chi connectivity index (χ0v) is 31.5. The van der Waals surface area contributed by atoms with E-state index in [1.807, 2.05) is 24.3 Å². The average Bonchev–Trinajstić information content (AvgIpc) is 3.99. The van der Waals surface area contributed by atoms with E-state index in [4.69, 9.17) is 8.83 Å². The number of hydrogen-bond acceptors (Lipinski definition) is 3. The van der Waals surface area contributed by atoms with Crippen molar-refractivity contribution in [3.05, 3.63) is 211 Å². The van der Waals surface area contributed by atoms with Gasteiger partial charge >= 0.3 is 0 Å². The van der Waals surface area contributed by atoms with Gasteiger partial charge in [-0.15, -0.1) is 0 Å². The molecule has 12 rings (SSSR count). The number of furan rings is 2. The number of fused-ring (bicyclic) bond motifs is 9. The Labute approximate surface area is 335 Å². The van der Waals surface area contributed by atoms with E-state index in [2.05, 4.69) is 181 Å². The van der Waals surface area contributed by atoms with Gasteiger partial charge in [-0.05, 0) is 99.5 Å². The molecule has 58 heavy (non-hydrogen) atoms. The fourth-order valence-electron chi connectivity index (χ4n) is 9.19. The molecule has 3 heteroatoms. The molecule has 2 aromatic heterocycles. The van der Waals surface area contributed by atoms with Crippen LogP contribution in [-0.4, -0.2) is 0 Å². The molecule has 9 aromatic carbocycles. The van der Waals surface area contributed by atoms with E-state index in [1.165, 1.54) is 33.4 Å². The minimum absolute atomic E-state index is 0.904. The third kappa shape index (κ3) is 5.14. The second-order valence-corrected chi connectivity index (χ2v) is 15.2. The van der Waals surface area contributed by atoms with Crippen LogP contribution in [0.2, 0.25) is 0 Å². The molecule has 0 amide bonds. The molecule has 1 aliphatic carbocycles. The largest absolute Gasteiger partial charge is 0.455 e. The first-order valence-corrected chi connectivity index (χ1v) is 19.9. The number of benzene rings is 9. The van der Waals surface area contributed by atoms with Crippen LogP contribution in [0.4, 0.5) is 17.1 Å². The summed E-state index contributed by atoms with van der Waals surface area (Å²) in [5.41, 5.74) is 19.2. The van der Waals surface area contributed by atoms with Crippen molar-refractivity contribution in [1.29, 1.82) is 0 Å². The highest BCUT2D eigenvalue weighted by atomic mass is 16.3. The number of para-hydroxylation sites is 4. The van der Waals surface area contributed by atoms with Crippen LogP contribution < -0.4 is 4.90 Å². The van der Waals surface area contributed by atoms with Crippen LogP contribution in [0.5, 0.6) is 0 Å². The summed E-state index contributed by atoms with van der Waals surface area (Å²) in [5, 5.41) is 4.53. The molecule has 0 aliphatic heterocycles. The molecule has 0 fully saturated rings. The minimum atomic E-state index is 0.904. The molecule has 272 valence electrons. The van der Waals surface area contributed by atoms with Gasteiger partial charge in [0.15, 0.2) is 0 Å². The Balaban J connectivity index is 0.946. The van der Waals surface area contributed by atoms with Crippen LogP contribution in [0, 0.1) is 0 Å². The lowest BCUT2D eigenvalue weighted by atomic mass is 9.95. The predicted octanol–water partition coefficient (Wildman–Crippen LogP) is 15.5. The average molecular weight is 742 g/mol. The van der Waals surface area contributed by atoms with Gasteiger partial charge in [-0.25, -0.2) is 0 Å². The highest BCUT2D eigenvalue weighted by Crippen LogP contribution is 2.44. The molecule has 0 saturated carbocycles. The van der Waals surface area contributed by atoms with Gasteiger partial charge in [0, 0.05) is 49.7 Å². The molecule has 0 radical (unpaired) electrons. The van der Waals surface area contributed by atoms with Crippen molar-refractivity contribution in [3.8, 4) is 44.5 Å². The summed E-state index contributed by atoms with van der Waals surface area (Å²) in [5.74, 6) is 0. The van der Waals surface area contributed by atoms with Crippen molar-refractivity contribution in [2.75, 3.05) is 4.90 Å². The van der Waals surface area contributed by atoms with Crippen LogP contribution in [-0.2, 0) is 6.42 Å². The Bertz CT molecular complexity index is 3190. The quantitative estimate of drug-likeness (QED) is 0.170. The van der Waals surface area contributed by atoms with Crippen LogP contribution in [0.15, 0.2) is 209 Å². The zero-order valence-electron chi connectivity index (χ0n) is 31.5. The standard InChI is InChI=1S/C55H35NO2/c1-2-11-43-38(10-1)34-51-42(14-7-17-46(43)51)35-22-28-39(29-23-35)56(40-30-24-36(25-31-40)44-15-8-18-49-47-12-3-5-20-52(47)57-54(44)49)41-32-26-37(27-33-41)45-16-9-19-50-48-13-4-6-21-53(48)58-55(45)50/h1-33H,34H2. The van der Waals surface area contributed by atoms with E-state index in [0.717, 1.165) is 89.6 Å². The van der Waals surface area contributed by atoms with Gasteiger partial charge in [0.25, 0.3) is 0 Å². The van der Waals surface area contributed by atoms with Crippen molar-refractivity contribution in [2.24, 2.45) is 0 Å². The molecule has 0 atom stereocenters. The zero-order chi connectivity index (χ0) is 38.2. The van der Waals surface area contributed by atoms with Crippen LogP contribution in [0.1, 0.15) is 11.1 Å². The van der Waals surface area contributed by atoms with E-state index in [0.29, 0.717) is 0 Å². The molecule has 2 heterocycles. The first-order chi connectivity index (χ1) is 28.7. The fraction of sp³-hybridized carbons (Fsp3) is 0.0182. The van der Waals surface area contributed by atoms with Gasteiger partial charge in [0.1, 0.15) is 22.3 Å². The van der Waals surface area contributed by atoms with Gasteiger partial charge in [-0.1, -0.05) is 152 Å². The summed E-state index contributed by atoms with van der Waals surface area (Å²) in [6, 6.07) is 71.6. The second kappa shape index (κ2) is 13.0. The van der Waals surface area contributed by atoms with Gasteiger partial charge < -0.3 is 13.7 Å². The Morgan fingerprint density at radius 2 is 0.707 bits per heavy atom. The van der Waals surface area contributed by atoms with Crippen molar-refractivity contribution in [2.45, 2.75) is 6.42 Å². The van der Waals surface area contributed by atoms with Gasteiger partial charge in [-0.2, -0.15) is 0 Å². The number of anilines is 3. The molecule has 0 bridgehead atoms. The summed E-state index contributed by atoms with van der Waals surface area (Å²) < 4.78 is 12.8. The maximum atomic E-state index is 6.42. The third-order valence-electron chi connectivity index (χ3n) is 12.0. The number of hydrogen-bond donors (Lipinski definition) is 0. The highest BCUT2D eigenvalue weighted by Gasteiger charge is 2.22. The number of rotatable bonds is 6. The summed E-state index contributed by atoms with van der Waals surface area (Å²) in [4.78, 5) is 2.34. The van der Waals surface area contributed by atoms with E-state index in [9.17, 15) is 0 Å².